The molecule has 9 nitrogen and oxygen atoms in total. The summed E-state index contributed by atoms with van der Waals surface area (Å²) in [5.41, 5.74) is 1.41. The molecule has 0 saturated carbocycles. The molecule has 0 fully saturated rings. The number of carbonyl (C=O) groups excluding carboxylic acids is 2. The number of rotatable bonds is 15. The molecule has 4 rings (SSSR count). The van der Waals surface area contributed by atoms with Crippen molar-refractivity contribution in [3.8, 4) is 11.5 Å². The lowest BCUT2D eigenvalue weighted by molar-refractivity contribution is -0.140. The molecule has 2 amide bonds. The normalized spacial score (nSPS) is 11.9. The van der Waals surface area contributed by atoms with Crippen molar-refractivity contribution < 1.29 is 31.9 Å². The van der Waals surface area contributed by atoms with Gasteiger partial charge in [-0.05, 0) is 59.5 Å². The molecular weight excluding hydrogens is 657 g/mol. The molecule has 1 atom stereocenters. The van der Waals surface area contributed by atoms with Crippen molar-refractivity contribution >= 4 is 39.1 Å². The molecule has 0 heterocycles. The first-order valence-corrected chi connectivity index (χ1v) is 17.1. The van der Waals surface area contributed by atoms with Gasteiger partial charge in [-0.15, -0.1) is 0 Å². The number of hydrogen-bond acceptors (Lipinski definition) is 6. The molecule has 0 aliphatic rings. The smallest absolute Gasteiger partial charge is 0.264 e. The Morgan fingerprint density at radius 3 is 2.15 bits per heavy atom. The molecule has 0 radical (unpaired) electrons. The summed E-state index contributed by atoms with van der Waals surface area (Å²) >= 11 is 6.54. The Hall–Kier alpha value is -4.61. The van der Waals surface area contributed by atoms with Gasteiger partial charge < -0.3 is 19.7 Å². The predicted molar refractivity (Wildman–Crippen MR) is 184 cm³/mol. The third kappa shape index (κ3) is 9.05. The van der Waals surface area contributed by atoms with Crippen LogP contribution in [-0.2, 0) is 32.6 Å². The van der Waals surface area contributed by atoms with E-state index < -0.39 is 40.2 Å². The Balaban J connectivity index is 1.83. The molecule has 254 valence electrons. The van der Waals surface area contributed by atoms with E-state index in [1.54, 1.807) is 24.3 Å². The van der Waals surface area contributed by atoms with Gasteiger partial charge >= 0.3 is 0 Å². The van der Waals surface area contributed by atoms with Gasteiger partial charge in [-0.25, -0.2) is 12.8 Å². The third-order valence-corrected chi connectivity index (χ3v) is 9.73. The van der Waals surface area contributed by atoms with E-state index in [0.717, 1.165) is 22.0 Å². The highest BCUT2D eigenvalue weighted by atomic mass is 35.5. The number of amides is 2. The van der Waals surface area contributed by atoms with Crippen molar-refractivity contribution in [1.29, 1.82) is 0 Å². The van der Waals surface area contributed by atoms with Crippen LogP contribution < -0.4 is 19.1 Å². The SMILES string of the molecule is COc1ccc(S(=O)(=O)N(CC(=O)N(Cc2ccccc2Cl)[C@H](Cc2ccccc2)C(=O)NCC(C)C)c2ccc(F)cc2)cc1OC. The van der Waals surface area contributed by atoms with Crippen molar-refractivity contribution in [1.82, 2.24) is 10.2 Å². The van der Waals surface area contributed by atoms with E-state index in [-0.39, 0.29) is 35.2 Å². The van der Waals surface area contributed by atoms with Gasteiger partial charge in [-0.2, -0.15) is 0 Å². The van der Waals surface area contributed by atoms with Crippen LogP contribution in [0.2, 0.25) is 5.02 Å². The first-order valence-electron chi connectivity index (χ1n) is 15.3. The summed E-state index contributed by atoms with van der Waals surface area (Å²) in [6, 6.07) is 24.0. The highest BCUT2D eigenvalue weighted by Gasteiger charge is 2.35. The third-order valence-electron chi connectivity index (χ3n) is 7.59. The zero-order valence-electron chi connectivity index (χ0n) is 27.2. The minimum absolute atomic E-state index is 0.0427. The topological polar surface area (TPSA) is 105 Å². The maximum atomic E-state index is 14.6. The monoisotopic (exact) mass is 695 g/mol. The molecule has 0 saturated heterocycles. The highest BCUT2D eigenvalue weighted by Crippen LogP contribution is 2.32. The molecule has 0 aromatic heterocycles. The van der Waals surface area contributed by atoms with Gasteiger partial charge in [0.25, 0.3) is 10.0 Å². The number of nitrogens with zero attached hydrogens (tertiary/aromatic N) is 2. The zero-order chi connectivity index (χ0) is 34.8. The molecule has 0 aliphatic heterocycles. The second-order valence-corrected chi connectivity index (χ2v) is 13.7. The summed E-state index contributed by atoms with van der Waals surface area (Å²) in [5.74, 6) is -1.05. The number of hydrogen-bond donors (Lipinski definition) is 1. The van der Waals surface area contributed by atoms with Gasteiger partial charge in [0, 0.05) is 30.6 Å². The number of ether oxygens (including phenoxy) is 2. The quantitative estimate of drug-likeness (QED) is 0.161. The molecule has 12 heteroatoms. The fourth-order valence-electron chi connectivity index (χ4n) is 5.03. The van der Waals surface area contributed by atoms with E-state index in [0.29, 0.717) is 22.9 Å². The highest BCUT2D eigenvalue weighted by molar-refractivity contribution is 7.92. The zero-order valence-corrected chi connectivity index (χ0v) is 28.8. The summed E-state index contributed by atoms with van der Waals surface area (Å²) in [4.78, 5) is 29.6. The van der Waals surface area contributed by atoms with Crippen LogP contribution in [0.5, 0.6) is 11.5 Å². The second-order valence-electron chi connectivity index (χ2n) is 11.5. The van der Waals surface area contributed by atoms with Gasteiger partial charge in [0.15, 0.2) is 11.5 Å². The Kier molecular flexibility index (Phi) is 12.4. The Bertz CT molecular complexity index is 1810. The Labute approximate surface area is 286 Å². The largest absolute Gasteiger partial charge is 0.493 e. The first kappa shape index (κ1) is 36.2. The van der Waals surface area contributed by atoms with Crippen LogP contribution in [0.1, 0.15) is 25.0 Å². The lowest BCUT2D eigenvalue weighted by Crippen LogP contribution is -2.53. The molecular formula is C36H39ClFN3O6S. The van der Waals surface area contributed by atoms with Crippen LogP contribution >= 0.6 is 11.6 Å². The van der Waals surface area contributed by atoms with E-state index >= 15 is 0 Å². The van der Waals surface area contributed by atoms with Crippen LogP contribution in [0.15, 0.2) is 102 Å². The molecule has 4 aromatic rings. The van der Waals surface area contributed by atoms with Gasteiger partial charge in [0.05, 0.1) is 24.8 Å². The summed E-state index contributed by atoms with van der Waals surface area (Å²) in [7, 11) is -1.66. The summed E-state index contributed by atoms with van der Waals surface area (Å²) in [5, 5.41) is 3.32. The fourth-order valence-corrected chi connectivity index (χ4v) is 6.65. The predicted octanol–water partition coefficient (Wildman–Crippen LogP) is 6.10. The van der Waals surface area contributed by atoms with Gasteiger partial charge in [-0.3, -0.25) is 13.9 Å². The van der Waals surface area contributed by atoms with Gasteiger partial charge in [-0.1, -0.05) is 74.0 Å². The maximum Gasteiger partial charge on any atom is 0.264 e. The molecule has 0 aliphatic carbocycles. The maximum absolute atomic E-state index is 14.6. The Morgan fingerprint density at radius 1 is 0.875 bits per heavy atom. The van der Waals surface area contributed by atoms with E-state index in [4.69, 9.17) is 21.1 Å². The average molecular weight is 696 g/mol. The van der Waals surface area contributed by atoms with Crippen molar-refractivity contribution in [2.24, 2.45) is 5.92 Å². The summed E-state index contributed by atoms with van der Waals surface area (Å²) in [6.07, 6.45) is 0.153. The summed E-state index contributed by atoms with van der Waals surface area (Å²) in [6.45, 7) is 3.49. The number of anilines is 1. The molecule has 0 bridgehead atoms. The number of carbonyl (C=O) groups is 2. The van der Waals surface area contributed by atoms with Crippen LogP contribution in [0.3, 0.4) is 0 Å². The van der Waals surface area contributed by atoms with Crippen LogP contribution in [-0.4, -0.2) is 58.5 Å². The minimum Gasteiger partial charge on any atom is -0.493 e. The van der Waals surface area contributed by atoms with E-state index in [9.17, 15) is 22.4 Å². The fraction of sp³-hybridized carbons (Fsp3) is 0.278. The number of halogens is 2. The molecule has 1 N–H and O–H groups in total. The molecule has 0 spiro atoms. The van der Waals surface area contributed by atoms with E-state index in [1.165, 1.54) is 49.5 Å². The molecule has 48 heavy (non-hydrogen) atoms. The van der Waals surface area contributed by atoms with Crippen molar-refractivity contribution in [3.05, 3.63) is 119 Å². The van der Waals surface area contributed by atoms with Crippen molar-refractivity contribution in [2.45, 2.75) is 37.8 Å². The standard InChI is InChI=1S/C36H39ClFN3O6S/c1-25(2)22-39-36(43)32(20-26-10-6-5-7-11-26)40(23-27-12-8-9-13-31(27)37)35(42)24-41(29-16-14-28(38)15-17-29)48(44,45)30-18-19-33(46-3)34(21-30)47-4/h5-19,21,25,32H,20,22-24H2,1-4H3,(H,39,43)/t32-/m1/s1. The Morgan fingerprint density at radius 2 is 1.52 bits per heavy atom. The number of benzene rings is 4. The van der Waals surface area contributed by atoms with Crippen molar-refractivity contribution in [2.75, 3.05) is 31.6 Å². The van der Waals surface area contributed by atoms with Gasteiger partial charge in [0.2, 0.25) is 11.8 Å². The summed E-state index contributed by atoms with van der Waals surface area (Å²) < 4.78 is 54.1. The number of methoxy groups -OCH3 is 2. The molecule has 4 aromatic carbocycles. The van der Waals surface area contributed by atoms with Gasteiger partial charge in [0.1, 0.15) is 18.4 Å². The van der Waals surface area contributed by atoms with Crippen LogP contribution in [0.4, 0.5) is 10.1 Å². The lowest BCUT2D eigenvalue weighted by atomic mass is 10.0. The lowest BCUT2D eigenvalue weighted by Gasteiger charge is -2.34. The van der Waals surface area contributed by atoms with E-state index in [2.05, 4.69) is 5.32 Å². The van der Waals surface area contributed by atoms with E-state index in [1.807, 2.05) is 44.2 Å². The number of nitrogens with one attached hydrogen (secondary N) is 1. The number of sulfonamides is 1. The second kappa shape index (κ2) is 16.5. The average Bonchev–Trinajstić information content (AvgIpc) is 3.08. The molecule has 0 unspecified atom stereocenters. The first-order chi connectivity index (χ1) is 22.9. The van der Waals surface area contributed by atoms with Crippen LogP contribution in [0.25, 0.3) is 0 Å². The van der Waals surface area contributed by atoms with Crippen LogP contribution in [0, 0.1) is 11.7 Å². The van der Waals surface area contributed by atoms with Crippen molar-refractivity contribution in [3.63, 3.8) is 0 Å². The minimum atomic E-state index is -4.46.